The van der Waals surface area contributed by atoms with Gasteiger partial charge in [0, 0.05) is 101 Å². The summed E-state index contributed by atoms with van der Waals surface area (Å²) in [4.78, 5) is 38.8. The number of aldehydes is 1. The molecule has 4 aliphatic carbocycles. The van der Waals surface area contributed by atoms with Crippen LogP contribution < -0.4 is 0 Å². The van der Waals surface area contributed by atoms with Crippen molar-refractivity contribution in [2.24, 2.45) is 56.2 Å². The average molecular weight is 831 g/mol. The Hall–Kier alpha value is -1.93. The first-order valence-corrected chi connectivity index (χ1v) is 22.4. The molecule has 11 heteroatoms. The molecule has 0 radical (unpaired) electrons. The SMILES string of the molecule is C.C#C[C@@]12CC[C@@H](C)C(C)(C(=O)C[C@](C)(C=C)C=O)C1C1(CC2)OCCO1.C#C[C@@]12CC[C@@H](C)C(C)(C(=O)C[C@](C)(C=C)CO)C1C1(CC2)OCCO1.S=S=S. The van der Waals surface area contributed by atoms with Crippen LogP contribution in [0.5, 0.6) is 0 Å². The summed E-state index contributed by atoms with van der Waals surface area (Å²) in [7, 11) is 0.917. The van der Waals surface area contributed by atoms with Crippen molar-refractivity contribution in [2.45, 2.75) is 125 Å². The van der Waals surface area contributed by atoms with E-state index >= 15 is 0 Å². The van der Waals surface area contributed by atoms with E-state index in [1.807, 2.05) is 13.8 Å². The number of carbonyl (C=O) groups excluding carboxylic acids is 3. The molecule has 2 saturated heterocycles. The normalized spacial score (nSPS) is 37.8. The molecule has 2 aliphatic heterocycles. The van der Waals surface area contributed by atoms with Gasteiger partial charge in [0.1, 0.15) is 17.9 Å². The Labute approximate surface area is 349 Å². The highest BCUT2D eigenvalue weighted by Crippen LogP contribution is 2.68. The predicted octanol–water partition coefficient (Wildman–Crippen LogP) is 7.51. The minimum atomic E-state index is -0.862. The monoisotopic (exact) mass is 830 g/mol. The maximum Gasteiger partial charge on any atom is 0.173 e. The third-order valence-corrected chi connectivity index (χ3v) is 15.1. The van der Waals surface area contributed by atoms with E-state index in [4.69, 9.17) is 31.8 Å². The van der Waals surface area contributed by atoms with Gasteiger partial charge in [-0.3, -0.25) is 9.59 Å². The van der Waals surface area contributed by atoms with Crippen molar-refractivity contribution in [2.75, 3.05) is 33.0 Å². The van der Waals surface area contributed by atoms with Gasteiger partial charge in [-0.25, -0.2) is 0 Å². The standard InChI is InChI=1S/C22H32O4.C22H30O4.CH4.S3/c2*1-6-19(4,15-23)14-17(24)20(5)16(3)8-9-21(7-2)10-11-22(18(20)21)25-12-13-26-22;;1-3-2/h2,6,16,18,23H,1,8-15H2,3-5H3;2,6,15-16,18H,1,8-14H2,3-5H3;1H4;/t2*16-,18?,19+,20?,21+;;/m11../s1. The number of ketones is 2. The fraction of sp³-hybridized carbons (Fsp3) is 0.756. The highest BCUT2D eigenvalue weighted by molar-refractivity contribution is 8.37. The van der Waals surface area contributed by atoms with Crippen LogP contribution in [0.4, 0.5) is 0 Å². The van der Waals surface area contributed by atoms with E-state index < -0.39 is 33.2 Å². The Bertz CT molecular complexity index is 1600. The van der Waals surface area contributed by atoms with Crippen molar-refractivity contribution in [3.8, 4) is 24.7 Å². The summed E-state index contributed by atoms with van der Waals surface area (Å²) in [6, 6.07) is 0. The summed E-state index contributed by atoms with van der Waals surface area (Å²) in [5.41, 5.74) is -3.57. The van der Waals surface area contributed by atoms with Gasteiger partial charge >= 0.3 is 0 Å². The van der Waals surface area contributed by atoms with Gasteiger partial charge in [-0.1, -0.05) is 66.0 Å². The van der Waals surface area contributed by atoms with Crippen LogP contribution in [-0.2, 0) is 64.6 Å². The van der Waals surface area contributed by atoms with Crippen molar-refractivity contribution in [1.29, 1.82) is 0 Å². The fourth-order valence-corrected chi connectivity index (χ4v) is 11.3. The topological polar surface area (TPSA) is 108 Å². The molecule has 10 atom stereocenters. The van der Waals surface area contributed by atoms with Gasteiger partial charge in [-0.2, -0.15) is 0 Å². The number of hydrogen-bond donors (Lipinski definition) is 1. The first-order chi connectivity index (χ1) is 25.8. The van der Waals surface area contributed by atoms with E-state index in [1.54, 1.807) is 19.1 Å². The van der Waals surface area contributed by atoms with Crippen LogP contribution in [0, 0.1) is 80.8 Å². The Morgan fingerprint density at radius 2 is 1.16 bits per heavy atom. The van der Waals surface area contributed by atoms with Gasteiger partial charge in [-0.05, 0) is 57.3 Å². The Kier molecular flexibility index (Phi) is 15.7. The molecule has 6 aliphatic rings. The van der Waals surface area contributed by atoms with Crippen LogP contribution in [-0.4, -0.2) is 67.6 Å². The lowest BCUT2D eigenvalue weighted by Gasteiger charge is -2.54. The van der Waals surface area contributed by atoms with E-state index in [1.165, 1.54) is 0 Å². The zero-order valence-electron chi connectivity index (χ0n) is 33.7. The second kappa shape index (κ2) is 18.1. The molecule has 8 nitrogen and oxygen atoms in total. The van der Waals surface area contributed by atoms with Gasteiger partial charge in [-0.15, -0.1) is 26.0 Å². The van der Waals surface area contributed by atoms with Crippen LogP contribution in [0.3, 0.4) is 0 Å². The molecule has 0 amide bonds. The number of ether oxygens (including phenoxy) is 4. The number of rotatable bonds is 10. The number of terminal acetylenes is 2. The van der Waals surface area contributed by atoms with Crippen LogP contribution >= 0.6 is 0 Å². The molecule has 0 aromatic rings. The van der Waals surface area contributed by atoms with Gasteiger partial charge in [0.15, 0.2) is 11.6 Å². The minimum Gasteiger partial charge on any atom is -0.395 e. The average Bonchev–Trinajstić information content (AvgIpc) is 4.00. The third kappa shape index (κ3) is 8.03. The smallest absolute Gasteiger partial charge is 0.173 e. The van der Waals surface area contributed by atoms with Crippen molar-refractivity contribution in [3.63, 3.8) is 0 Å². The first kappa shape index (κ1) is 48.4. The molecule has 0 aromatic heterocycles. The van der Waals surface area contributed by atoms with Crippen molar-refractivity contribution in [3.05, 3.63) is 25.3 Å². The van der Waals surface area contributed by atoms with E-state index in [2.05, 4.69) is 68.1 Å². The van der Waals surface area contributed by atoms with Crippen LogP contribution in [0.15, 0.2) is 25.3 Å². The second-order valence-electron chi connectivity index (χ2n) is 18.0. The zero-order chi connectivity index (χ0) is 41.1. The molecule has 56 heavy (non-hydrogen) atoms. The summed E-state index contributed by atoms with van der Waals surface area (Å²) < 4.78 is 24.5. The molecule has 312 valence electrons. The molecule has 2 heterocycles. The van der Waals surface area contributed by atoms with Gasteiger partial charge < -0.3 is 28.8 Å². The van der Waals surface area contributed by atoms with Gasteiger partial charge in [0.2, 0.25) is 0 Å². The molecular formula is C45H66O8S3. The number of allylic oxidation sites excluding steroid dienone is 1. The maximum atomic E-state index is 13.7. The molecule has 6 fully saturated rings. The summed E-state index contributed by atoms with van der Waals surface area (Å²) in [5, 5.41) is 9.77. The summed E-state index contributed by atoms with van der Waals surface area (Å²) in [5.74, 6) is 4.78. The molecule has 4 unspecified atom stereocenters. The number of fused-ring (bicyclic) bond motifs is 4. The highest BCUT2D eigenvalue weighted by atomic mass is 33.1. The predicted molar refractivity (Wildman–Crippen MR) is 228 cm³/mol. The summed E-state index contributed by atoms with van der Waals surface area (Å²) >= 11 is 8.25. The van der Waals surface area contributed by atoms with Crippen LogP contribution in [0.2, 0.25) is 0 Å². The number of Topliss-reactive ketones (excluding diaryl/α,β-unsaturated/α-hetero) is 2. The maximum absolute atomic E-state index is 13.7. The van der Waals surface area contributed by atoms with Crippen LogP contribution in [0.25, 0.3) is 0 Å². The Morgan fingerprint density at radius 1 is 0.786 bits per heavy atom. The molecule has 0 bridgehead atoms. The van der Waals surface area contributed by atoms with Crippen molar-refractivity contribution < 1.29 is 38.4 Å². The largest absolute Gasteiger partial charge is 0.395 e. The molecule has 2 spiro atoms. The number of aliphatic hydroxyl groups is 1. The summed E-state index contributed by atoms with van der Waals surface area (Å²) in [6.07, 6.45) is 23.3. The fourth-order valence-electron chi connectivity index (χ4n) is 11.3. The lowest BCUT2D eigenvalue weighted by Crippen LogP contribution is -2.59. The number of hydrogen-bond acceptors (Lipinski definition) is 10. The zero-order valence-corrected chi connectivity index (χ0v) is 36.2. The van der Waals surface area contributed by atoms with E-state index in [9.17, 15) is 19.5 Å². The van der Waals surface area contributed by atoms with Crippen molar-refractivity contribution in [1.82, 2.24) is 0 Å². The van der Waals surface area contributed by atoms with Gasteiger partial charge in [0.25, 0.3) is 0 Å². The quantitative estimate of drug-likeness (QED) is 0.135. The molecule has 1 N–H and O–H groups in total. The number of carbonyl (C=O) groups is 3. The second-order valence-corrected chi connectivity index (χ2v) is 19.8. The molecule has 6 rings (SSSR count). The van der Waals surface area contributed by atoms with E-state index in [0.29, 0.717) is 26.4 Å². The Balaban J connectivity index is 0.000000276. The molecular weight excluding hydrogens is 765 g/mol. The van der Waals surface area contributed by atoms with E-state index in [0.717, 1.165) is 66.5 Å². The lowest BCUT2D eigenvalue weighted by atomic mass is 9.49. The molecule has 4 saturated carbocycles. The highest BCUT2D eigenvalue weighted by Gasteiger charge is 2.71. The first-order valence-electron chi connectivity index (χ1n) is 19.7. The van der Waals surface area contributed by atoms with Gasteiger partial charge in [0.05, 0.1) is 33.0 Å². The van der Waals surface area contributed by atoms with Crippen molar-refractivity contribution >= 4 is 49.1 Å². The lowest BCUT2D eigenvalue weighted by molar-refractivity contribution is -0.232. The molecule has 0 aromatic carbocycles. The summed E-state index contributed by atoms with van der Waals surface area (Å²) in [6.45, 7) is 21.6. The van der Waals surface area contributed by atoms with Crippen LogP contribution in [0.1, 0.15) is 113 Å². The number of aliphatic hydroxyl groups excluding tert-OH is 1. The van der Waals surface area contributed by atoms with E-state index in [-0.39, 0.29) is 72.9 Å². The Morgan fingerprint density at radius 3 is 1.46 bits per heavy atom. The third-order valence-electron chi connectivity index (χ3n) is 15.1. The minimum absolute atomic E-state index is 0.